The molecule has 3 fully saturated rings. The summed E-state index contributed by atoms with van der Waals surface area (Å²) in [5.74, 6) is -1.61. The largest absolute Gasteiger partial charge is 0.469 e. The summed E-state index contributed by atoms with van der Waals surface area (Å²) in [5.41, 5.74) is 0. The van der Waals surface area contributed by atoms with Crippen molar-refractivity contribution in [1.82, 2.24) is 10.6 Å². The van der Waals surface area contributed by atoms with E-state index < -0.39 is 124 Å². The van der Waals surface area contributed by atoms with Crippen LogP contribution < -0.4 is 10.6 Å². The zero-order valence-corrected chi connectivity index (χ0v) is 27.5. The zero-order valence-electron chi connectivity index (χ0n) is 27.5. The molecule has 0 aromatic rings. The van der Waals surface area contributed by atoms with Crippen molar-refractivity contribution in [3.63, 3.8) is 0 Å². The zero-order chi connectivity index (χ0) is 36.4. The summed E-state index contributed by atoms with van der Waals surface area (Å²) >= 11 is 0. The van der Waals surface area contributed by atoms with Gasteiger partial charge in [-0.25, -0.2) is 0 Å². The predicted octanol–water partition coefficient (Wildman–Crippen LogP) is -5.53. The molecule has 49 heavy (non-hydrogen) atoms. The number of hydrogen-bond donors (Lipinski definition) is 10. The van der Waals surface area contributed by atoms with Crippen molar-refractivity contribution in [2.24, 2.45) is 0 Å². The molecule has 3 saturated heterocycles. The minimum atomic E-state index is -1.75. The predicted molar refractivity (Wildman–Crippen MR) is 159 cm³/mol. The van der Waals surface area contributed by atoms with Gasteiger partial charge in [-0.3, -0.25) is 14.4 Å². The average Bonchev–Trinajstić information content (AvgIpc) is 3.06. The first-order chi connectivity index (χ1) is 23.2. The van der Waals surface area contributed by atoms with E-state index in [0.29, 0.717) is 19.3 Å². The third kappa shape index (κ3) is 10.9. The van der Waals surface area contributed by atoms with E-state index in [-0.39, 0.29) is 19.0 Å². The number of ether oxygens (including phenoxy) is 7. The summed E-state index contributed by atoms with van der Waals surface area (Å²) < 4.78 is 39.1. The van der Waals surface area contributed by atoms with E-state index in [4.69, 9.17) is 28.4 Å². The van der Waals surface area contributed by atoms with Crippen molar-refractivity contribution in [2.45, 2.75) is 132 Å². The number of nitrogens with one attached hydrogen (secondary N) is 2. The molecule has 2 amide bonds. The maximum atomic E-state index is 11.9. The van der Waals surface area contributed by atoms with Crippen LogP contribution in [0.15, 0.2) is 0 Å². The minimum absolute atomic E-state index is 0.0177. The van der Waals surface area contributed by atoms with Crippen LogP contribution in [0.4, 0.5) is 0 Å². The fraction of sp³-hybridized carbons (Fsp3) is 0.897. The number of esters is 1. The van der Waals surface area contributed by atoms with E-state index >= 15 is 0 Å². The van der Waals surface area contributed by atoms with E-state index in [1.54, 1.807) is 0 Å². The molecule has 284 valence electrons. The second-order valence-corrected chi connectivity index (χ2v) is 12.1. The molecular weight excluding hydrogens is 664 g/mol. The Balaban J connectivity index is 1.81. The van der Waals surface area contributed by atoms with Crippen molar-refractivity contribution < 1.29 is 88.4 Å². The lowest BCUT2D eigenvalue weighted by Gasteiger charge is -2.47. The van der Waals surface area contributed by atoms with Crippen LogP contribution in [0.2, 0.25) is 0 Å². The van der Waals surface area contributed by atoms with E-state index in [0.717, 1.165) is 13.8 Å². The molecule has 0 radical (unpaired) electrons. The van der Waals surface area contributed by atoms with Crippen molar-refractivity contribution in [3.8, 4) is 0 Å². The highest BCUT2D eigenvalue weighted by Crippen LogP contribution is 2.31. The summed E-state index contributed by atoms with van der Waals surface area (Å²) in [6.45, 7) is 0.278. The SMILES string of the molecule is COC(=O)CCCCCO[C@H]1O[C@H](CO[C@@H]2O[C@H](CO)[C@@H](O)[C@H](O)[C@@H]2NC(C)=O)[C@H](O)[C@H](O[C@@H]2O[C@H](CO)[C@@H](O)[C@H](O)[C@@H]2NC(C)=O)[C@H]1O. The Morgan fingerprint density at radius 1 is 0.633 bits per heavy atom. The molecule has 0 aliphatic carbocycles. The monoisotopic (exact) mass is 714 g/mol. The maximum Gasteiger partial charge on any atom is 0.305 e. The quantitative estimate of drug-likeness (QED) is 0.0527. The van der Waals surface area contributed by atoms with Crippen LogP contribution in [-0.4, -0.2) is 184 Å². The molecule has 20 nitrogen and oxygen atoms in total. The summed E-state index contributed by atoms with van der Waals surface area (Å²) in [6.07, 6.45) is -18.6. The third-order valence-corrected chi connectivity index (χ3v) is 8.39. The molecule has 0 aromatic carbocycles. The normalized spacial score (nSPS) is 39.6. The number of carbonyl (C=O) groups excluding carboxylic acids is 3. The fourth-order valence-electron chi connectivity index (χ4n) is 5.73. The highest BCUT2D eigenvalue weighted by molar-refractivity contribution is 5.73. The number of aliphatic hydroxyl groups is 8. The molecule has 15 atom stereocenters. The van der Waals surface area contributed by atoms with E-state index in [1.165, 1.54) is 7.11 Å². The van der Waals surface area contributed by atoms with Gasteiger partial charge < -0.3 is 84.6 Å². The van der Waals surface area contributed by atoms with Gasteiger partial charge in [0.15, 0.2) is 18.9 Å². The van der Waals surface area contributed by atoms with Crippen LogP contribution in [0, 0.1) is 0 Å². The molecule has 3 aliphatic rings. The smallest absolute Gasteiger partial charge is 0.305 e. The first kappa shape index (κ1) is 41.3. The summed E-state index contributed by atoms with van der Waals surface area (Å²) in [6, 6.07) is -2.73. The number of aliphatic hydroxyl groups excluding tert-OH is 8. The van der Waals surface area contributed by atoms with Crippen LogP contribution >= 0.6 is 0 Å². The summed E-state index contributed by atoms with van der Waals surface area (Å²) in [4.78, 5) is 35.1. The molecular formula is C29H50N2O18. The van der Waals surface area contributed by atoms with Gasteiger partial charge in [-0.15, -0.1) is 0 Å². The Morgan fingerprint density at radius 2 is 1.16 bits per heavy atom. The van der Waals surface area contributed by atoms with Gasteiger partial charge in [0, 0.05) is 26.9 Å². The Morgan fingerprint density at radius 3 is 1.69 bits per heavy atom. The van der Waals surface area contributed by atoms with Crippen LogP contribution in [0.3, 0.4) is 0 Å². The molecule has 0 saturated carbocycles. The third-order valence-electron chi connectivity index (χ3n) is 8.39. The van der Waals surface area contributed by atoms with Gasteiger partial charge in [0.05, 0.1) is 26.9 Å². The lowest BCUT2D eigenvalue weighted by molar-refractivity contribution is -0.353. The van der Waals surface area contributed by atoms with E-state index in [2.05, 4.69) is 15.4 Å². The Bertz CT molecular complexity index is 1060. The first-order valence-electron chi connectivity index (χ1n) is 16.0. The number of carbonyl (C=O) groups is 3. The lowest BCUT2D eigenvalue weighted by Crippen LogP contribution is -2.68. The number of methoxy groups -OCH3 is 1. The van der Waals surface area contributed by atoms with Crippen LogP contribution in [0.5, 0.6) is 0 Å². The van der Waals surface area contributed by atoms with Crippen molar-refractivity contribution >= 4 is 17.8 Å². The van der Waals surface area contributed by atoms with Crippen molar-refractivity contribution in [3.05, 3.63) is 0 Å². The fourth-order valence-corrected chi connectivity index (χ4v) is 5.73. The molecule has 0 unspecified atom stereocenters. The average molecular weight is 715 g/mol. The highest BCUT2D eigenvalue weighted by Gasteiger charge is 2.52. The van der Waals surface area contributed by atoms with Crippen molar-refractivity contribution in [1.29, 1.82) is 0 Å². The second kappa shape index (κ2) is 19.5. The number of unbranched alkanes of at least 4 members (excludes halogenated alkanes) is 2. The molecule has 0 bridgehead atoms. The van der Waals surface area contributed by atoms with E-state index in [1.807, 2.05) is 0 Å². The molecule has 10 N–H and O–H groups in total. The second-order valence-electron chi connectivity index (χ2n) is 12.1. The minimum Gasteiger partial charge on any atom is -0.469 e. The number of rotatable bonds is 16. The van der Waals surface area contributed by atoms with Gasteiger partial charge in [-0.05, 0) is 12.8 Å². The van der Waals surface area contributed by atoms with Crippen molar-refractivity contribution in [2.75, 3.05) is 33.5 Å². The van der Waals surface area contributed by atoms with Crippen LogP contribution in [0.25, 0.3) is 0 Å². The molecule has 3 aliphatic heterocycles. The van der Waals surface area contributed by atoms with Gasteiger partial charge in [0.1, 0.15) is 73.1 Å². The van der Waals surface area contributed by atoms with Gasteiger partial charge in [0.2, 0.25) is 11.8 Å². The molecule has 0 spiro atoms. The van der Waals surface area contributed by atoms with Crippen LogP contribution in [-0.2, 0) is 47.5 Å². The maximum absolute atomic E-state index is 11.9. The number of hydrogen-bond acceptors (Lipinski definition) is 18. The van der Waals surface area contributed by atoms with Crippen LogP contribution in [0.1, 0.15) is 39.5 Å². The van der Waals surface area contributed by atoms with Gasteiger partial charge in [-0.2, -0.15) is 0 Å². The topological polar surface area (TPSA) is 302 Å². The molecule has 0 aromatic heterocycles. The lowest BCUT2D eigenvalue weighted by atomic mass is 9.95. The van der Waals surface area contributed by atoms with Gasteiger partial charge in [-0.1, -0.05) is 6.42 Å². The molecule has 20 heteroatoms. The molecule has 3 rings (SSSR count). The molecule has 3 heterocycles. The summed E-state index contributed by atoms with van der Waals surface area (Å²) in [7, 11) is 1.28. The highest BCUT2D eigenvalue weighted by atomic mass is 16.7. The Kier molecular flexibility index (Phi) is 16.4. The Labute approximate surface area is 282 Å². The standard InChI is InChI=1S/C29H50N2O18/c1-12(34)30-18-23(40)20(37)14(9-32)46-27(18)45-11-16-22(39)26(25(42)29(48-16)44-8-6-4-5-7-17(36)43-3)49-28-19(31-13(2)35)24(41)21(38)15(10-33)47-28/h14-16,18-29,32-33,37-42H,4-11H2,1-3H3,(H,30,34)(H,31,35)/t14-,15-,16-,18+,19+,20-,21-,22+,23-,24-,25-,26+,27-,28+,29+/m1/s1. The first-order valence-corrected chi connectivity index (χ1v) is 16.0. The van der Waals surface area contributed by atoms with Gasteiger partial charge >= 0.3 is 5.97 Å². The Hall–Kier alpha value is -2.15. The van der Waals surface area contributed by atoms with Gasteiger partial charge in [0.25, 0.3) is 0 Å². The number of amides is 2. The van der Waals surface area contributed by atoms with E-state index in [9.17, 15) is 55.2 Å². The summed E-state index contributed by atoms with van der Waals surface area (Å²) in [5, 5.41) is 88.7.